The van der Waals surface area contributed by atoms with Crippen molar-refractivity contribution in [2.24, 2.45) is 7.05 Å². The Kier molecular flexibility index (Phi) is 5.87. The molecule has 0 aliphatic carbocycles. The molecule has 8 nitrogen and oxygen atoms in total. The van der Waals surface area contributed by atoms with E-state index in [9.17, 15) is 4.79 Å². The van der Waals surface area contributed by atoms with Gasteiger partial charge in [0.15, 0.2) is 0 Å². The summed E-state index contributed by atoms with van der Waals surface area (Å²) in [6.07, 6.45) is 7.90. The number of carbonyl (C=O) groups is 2. The highest BCUT2D eigenvalue weighted by atomic mass is 16.3. The van der Waals surface area contributed by atoms with E-state index in [1.54, 1.807) is 10.7 Å². The minimum Gasteiger partial charge on any atom is -0.483 e. The topological polar surface area (TPSA) is 91.9 Å². The molecule has 1 fully saturated rings. The number of aromatic nitrogens is 3. The Bertz CT molecular complexity index is 924. The molecule has 0 radical (unpaired) electrons. The fourth-order valence-corrected chi connectivity index (χ4v) is 3.36. The molecule has 27 heavy (non-hydrogen) atoms. The van der Waals surface area contributed by atoms with Crippen LogP contribution in [0.2, 0.25) is 0 Å². The van der Waals surface area contributed by atoms with Gasteiger partial charge in [-0.25, -0.2) is 4.52 Å². The van der Waals surface area contributed by atoms with Gasteiger partial charge in [0.2, 0.25) is 0 Å². The van der Waals surface area contributed by atoms with Crippen LogP contribution < -0.4 is 5.32 Å². The molecule has 1 aromatic carbocycles. The van der Waals surface area contributed by atoms with Crippen molar-refractivity contribution in [3.8, 4) is 0 Å². The minimum absolute atomic E-state index is 0.134. The molecule has 0 spiro atoms. The first kappa shape index (κ1) is 18.7. The number of carbonyl (C=O) groups excluding carboxylic acids is 1. The van der Waals surface area contributed by atoms with Crippen LogP contribution in [0.4, 0.5) is 5.69 Å². The third-order valence-electron chi connectivity index (χ3n) is 4.57. The van der Waals surface area contributed by atoms with Crippen LogP contribution in [0.5, 0.6) is 0 Å². The number of aryl methyl sites for hydroxylation is 1. The SMILES string of the molecule is Cn1ccn2ncc(C(=O)Nc3cccc(CN4CCCC4)c3)c12.O=CO. The van der Waals surface area contributed by atoms with Gasteiger partial charge in [0.1, 0.15) is 11.2 Å². The number of likely N-dealkylation sites (tertiary alicyclic amines) is 1. The second-order valence-electron chi connectivity index (χ2n) is 6.48. The van der Waals surface area contributed by atoms with Crippen molar-refractivity contribution in [2.45, 2.75) is 19.4 Å². The molecule has 1 saturated heterocycles. The van der Waals surface area contributed by atoms with Crippen LogP contribution in [-0.2, 0) is 18.4 Å². The molecule has 2 aromatic heterocycles. The van der Waals surface area contributed by atoms with E-state index < -0.39 is 0 Å². The van der Waals surface area contributed by atoms with Crippen molar-refractivity contribution < 1.29 is 14.7 Å². The smallest absolute Gasteiger partial charge is 0.290 e. The summed E-state index contributed by atoms with van der Waals surface area (Å²) in [6.45, 7) is 3.02. The number of hydrogen-bond donors (Lipinski definition) is 2. The van der Waals surface area contributed by atoms with Crippen LogP contribution in [0.25, 0.3) is 5.65 Å². The summed E-state index contributed by atoms with van der Waals surface area (Å²) in [4.78, 5) is 23.4. The van der Waals surface area contributed by atoms with Gasteiger partial charge in [-0.2, -0.15) is 5.10 Å². The number of nitrogens with one attached hydrogen (secondary N) is 1. The lowest BCUT2D eigenvalue weighted by atomic mass is 10.2. The van der Waals surface area contributed by atoms with Crippen LogP contribution in [0.15, 0.2) is 42.9 Å². The van der Waals surface area contributed by atoms with Gasteiger partial charge < -0.3 is 15.0 Å². The molecular formula is C19H23N5O3. The molecule has 0 unspecified atom stereocenters. The molecule has 4 rings (SSSR count). The Morgan fingerprint density at radius 1 is 1.30 bits per heavy atom. The van der Waals surface area contributed by atoms with Gasteiger partial charge in [0, 0.05) is 31.7 Å². The lowest BCUT2D eigenvalue weighted by Crippen LogP contribution is -2.18. The maximum atomic E-state index is 12.6. The largest absolute Gasteiger partial charge is 0.483 e. The molecule has 0 saturated carbocycles. The van der Waals surface area contributed by atoms with E-state index in [2.05, 4.69) is 27.4 Å². The third-order valence-corrected chi connectivity index (χ3v) is 4.57. The Balaban J connectivity index is 0.000000659. The summed E-state index contributed by atoms with van der Waals surface area (Å²) >= 11 is 0. The number of benzene rings is 1. The molecule has 3 heterocycles. The van der Waals surface area contributed by atoms with Crippen molar-refractivity contribution in [3.63, 3.8) is 0 Å². The molecule has 142 valence electrons. The summed E-state index contributed by atoms with van der Waals surface area (Å²) < 4.78 is 3.60. The second kappa shape index (κ2) is 8.50. The van der Waals surface area contributed by atoms with E-state index in [1.807, 2.05) is 36.1 Å². The minimum atomic E-state index is -0.250. The van der Waals surface area contributed by atoms with Gasteiger partial charge in [-0.05, 0) is 43.6 Å². The first-order chi connectivity index (χ1) is 13.1. The molecule has 2 N–H and O–H groups in total. The summed E-state index contributed by atoms with van der Waals surface area (Å²) in [5.41, 5.74) is 3.42. The molecule has 1 amide bonds. The van der Waals surface area contributed by atoms with Gasteiger partial charge in [0.05, 0.1) is 6.20 Å². The number of rotatable bonds is 4. The number of hydrogen-bond acceptors (Lipinski definition) is 4. The standard InChI is InChI=1S/C18H21N5O.CH2O2/c1-21-9-10-23-18(21)16(12-19-23)17(24)20-15-6-4-5-14(11-15)13-22-7-2-3-8-22;2-1-3/h4-6,9-12H,2-3,7-8,13H2,1H3,(H,20,24);1H,(H,2,3). The van der Waals surface area contributed by atoms with Crippen molar-refractivity contribution >= 4 is 23.7 Å². The first-order valence-corrected chi connectivity index (χ1v) is 8.81. The van der Waals surface area contributed by atoms with Gasteiger partial charge in [-0.1, -0.05) is 12.1 Å². The lowest BCUT2D eigenvalue weighted by Gasteiger charge is -2.15. The van der Waals surface area contributed by atoms with Gasteiger partial charge in [-0.3, -0.25) is 14.5 Å². The molecule has 3 aromatic rings. The van der Waals surface area contributed by atoms with Crippen molar-refractivity contribution in [3.05, 3.63) is 54.0 Å². The Morgan fingerprint density at radius 3 is 2.78 bits per heavy atom. The highest BCUT2D eigenvalue weighted by Crippen LogP contribution is 2.18. The quantitative estimate of drug-likeness (QED) is 0.688. The van der Waals surface area contributed by atoms with Crippen LogP contribution >= 0.6 is 0 Å². The number of fused-ring (bicyclic) bond motifs is 1. The summed E-state index contributed by atoms with van der Waals surface area (Å²) in [5.74, 6) is -0.134. The Labute approximate surface area is 157 Å². The predicted octanol–water partition coefficient (Wildman–Crippen LogP) is 2.22. The van der Waals surface area contributed by atoms with E-state index in [-0.39, 0.29) is 12.4 Å². The number of imidazole rings is 1. The Morgan fingerprint density at radius 2 is 2.04 bits per heavy atom. The van der Waals surface area contributed by atoms with Crippen LogP contribution in [0.3, 0.4) is 0 Å². The molecular weight excluding hydrogens is 346 g/mol. The van der Waals surface area contributed by atoms with Crippen molar-refractivity contribution in [2.75, 3.05) is 18.4 Å². The second-order valence-corrected chi connectivity index (χ2v) is 6.48. The van der Waals surface area contributed by atoms with E-state index in [0.717, 1.165) is 17.9 Å². The van der Waals surface area contributed by atoms with Crippen molar-refractivity contribution in [1.29, 1.82) is 0 Å². The molecule has 1 aliphatic rings. The number of carboxylic acid groups (broad SMARTS) is 1. The highest BCUT2D eigenvalue weighted by Gasteiger charge is 2.16. The van der Waals surface area contributed by atoms with Crippen LogP contribution in [0, 0.1) is 0 Å². The number of anilines is 1. The maximum absolute atomic E-state index is 12.6. The van der Waals surface area contributed by atoms with E-state index >= 15 is 0 Å². The molecule has 0 bridgehead atoms. The maximum Gasteiger partial charge on any atom is 0.290 e. The zero-order chi connectivity index (χ0) is 19.2. The Hall–Kier alpha value is -3.13. The van der Waals surface area contributed by atoms with E-state index in [0.29, 0.717) is 5.56 Å². The zero-order valence-corrected chi connectivity index (χ0v) is 15.2. The molecule has 8 heteroatoms. The third kappa shape index (κ3) is 4.35. The van der Waals surface area contributed by atoms with E-state index in [4.69, 9.17) is 9.90 Å². The first-order valence-electron chi connectivity index (χ1n) is 8.81. The normalized spacial score (nSPS) is 14.0. The van der Waals surface area contributed by atoms with E-state index in [1.165, 1.54) is 31.5 Å². The van der Waals surface area contributed by atoms with Crippen molar-refractivity contribution in [1.82, 2.24) is 19.1 Å². The summed E-state index contributed by atoms with van der Waals surface area (Å²) in [6, 6.07) is 8.10. The summed E-state index contributed by atoms with van der Waals surface area (Å²) in [7, 11) is 1.91. The van der Waals surface area contributed by atoms with Gasteiger partial charge >= 0.3 is 0 Å². The fraction of sp³-hybridized carbons (Fsp3) is 0.316. The molecule has 0 atom stereocenters. The molecule has 1 aliphatic heterocycles. The average molecular weight is 369 g/mol. The average Bonchev–Trinajstić information content (AvgIpc) is 3.36. The predicted molar refractivity (Wildman–Crippen MR) is 102 cm³/mol. The van der Waals surface area contributed by atoms with Gasteiger partial charge in [-0.15, -0.1) is 0 Å². The number of amides is 1. The van der Waals surface area contributed by atoms with Crippen LogP contribution in [0.1, 0.15) is 28.8 Å². The lowest BCUT2D eigenvalue weighted by molar-refractivity contribution is -0.122. The fourth-order valence-electron chi connectivity index (χ4n) is 3.36. The van der Waals surface area contributed by atoms with Crippen LogP contribution in [-0.4, -0.2) is 49.7 Å². The number of nitrogens with zero attached hydrogens (tertiary/aromatic N) is 4. The van der Waals surface area contributed by atoms with Gasteiger partial charge in [0.25, 0.3) is 12.4 Å². The highest BCUT2D eigenvalue weighted by molar-refractivity contribution is 6.08. The summed E-state index contributed by atoms with van der Waals surface area (Å²) in [5, 5.41) is 14.1. The zero-order valence-electron chi connectivity index (χ0n) is 15.2. The monoisotopic (exact) mass is 369 g/mol.